The summed E-state index contributed by atoms with van der Waals surface area (Å²) < 4.78 is 2.10. The number of rotatable bonds is 3. The fourth-order valence-corrected chi connectivity index (χ4v) is 6.01. The predicted molar refractivity (Wildman–Crippen MR) is 119 cm³/mol. The maximum Gasteiger partial charge on any atom is 0.274 e. The molecule has 3 aromatic rings. The summed E-state index contributed by atoms with van der Waals surface area (Å²) in [7, 11) is 0. The zero-order valence-electron chi connectivity index (χ0n) is 17.8. The van der Waals surface area contributed by atoms with Gasteiger partial charge in [0.15, 0.2) is 5.69 Å². The maximum absolute atomic E-state index is 13.8. The number of amides is 1. The number of hydrogen-bond donors (Lipinski definition) is 1. The first-order chi connectivity index (χ1) is 15.2. The Morgan fingerprint density at radius 2 is 1.77 bits per heavy atom. The minimum absolute atomic E-state index is 0.0302. The third kappa shape index (κ3) is 3.01. The molecule has 3 aliphatic rings. The number of nitrogens with zero attached hydrogens (tertiary/aromatic N) is 3. The van der Waals surface area contributed by atoms with E-state index in [9.17, 15) is 9.90 Å². The molecular formula is C26H29N3O2. The standard InChI is InChI=1S/C26H29N3O2/c30-25(23-22-12-6-7-16-28(22)24(27-23)18-13-14-18)29-17-15-26(31,19-8-2-1-3-9-19)20-10-4-5-11-21(20)29/h1-3,6-9,12,16,18,20-21,31H,4-5,10-11,13-15,17H2. The first-order valence-corrected chi connectivity index (χ1v) is 11.7. The molecule has 0 spiro atoms. The molecule has 160 valence electrons. The third-order valence-corrected chi connectivity index (χ3v) is 7.73. The van der Waals surface area contributed by atoms with Crippen LogP contribution in [0.4, 0.5) is 0 Å². The van der Waals surface area contributed by atoms with Crippen molar-refractivity contribution in [3.63, 3.8) is 0 Å². The summed E-state index contributed by atoms with van der Waals surface area (Å²) in [6.07, 6.45) is 9.03. The van der Waals surface area contributed by atoms with E-state index in [0.717, 1.165) is 55.4 Å². The first-order valence-electron chi connectivity index (χ1n) is 11.7. The van der Waals surface area contributed by atoms with Gasteiger partial charge in [-0.15, -0.1) is 0 Å². The van der Waals surface area contributed by atoms with Crippen molar-refractivity contribution in [2.75, 3.05) is 6.54 Å². The summed E-state index contributed by atoms with van der Waals surface area (Å²) in [6, 6.07) is 16.1. The highest BCUT2D eigenvalue weighted by Gasteiger charge is 2.50. The number of hydrogen-bond acceptors (Lipinski definition) is 3. The number of aliphatic hydroxyl groups is 1. The molecule has 6 rings (SSSR count). The van der Waals surface area contributed by atoms with Gasteiger partial charge in [0.1, 0.15) is 5.82 Å². The molecule has 1 aromatic carbocycles. The monoisotopic (exact) mass is 415 g/mol. The number of benzene rings is 1. The molecule has 5 heteroatoms. The van der Waals surface area contributed by atoms with Gasteiger partial charge >= 0.3 is 0 Å². The number of carbonyl (C=O) groups excluding carboxylic acids is 1. The lowest BCUT2D eigenvalue weighted by Crippen LogP contribution is -2.59. The smallest absolute Gasteiger partial charge is 0.274 e. The minimum atomic E-state index is -0.863. The van der Waals surface area contributed by atoms with Gasteiger partial charge in [-0.3, -0.25) is 4.79 Å². The fourth-order valence-electron chi connectivity index (χ4n) is 6.01. The van der Waals surface area contributed by atoms with Crippen LogP contribution >= 0.6 is 0 Å². The van der Waals surface area contributed by atoms with Crippen molar-refractivity contribution in [1.29, 1.82) is 0 Å². The van der Waals surface area contributed by atoms with Crippen LogP contribution in [0, 0.1) is 5.92 Å². The summed E-state index contributed by atoms with van der Waals surface area (Å²) in [5, 5.41) is 11.8. The van der Waals surface area contributed by atoms with Gasteiger partial charge in [0, 0.05) is 30.6 Å². The highest BCUT2D eigenvalue weighted by molar-refractivity contribution is 5.99. The number of piperidine rings is 1. The Morgan fingerprint density at radius 1 is 1.00 bits per heavy atom. The van der Waals surface area contributed by atoms with Gasteiger partial charge in [-0.2, -0.15) is 0 Å². The summed E-state index contributed by atoms with van der Waals surface area (Å²) in [6.45, 7) is 0.565. The van der Waals surface area contributed by atoms with Crippen molar-refractivity contribution < 1.29 is 9.90 Å². The van der Waals surface area contributed by atoms with Gasteiger partial charge in [-0.1, -0.05) is 49.2 Å². The normalized spacial score (nSPS) is 28.5. The molecule has 1 N–H and O–H groups in total. The van der Waals surface area contributed by atoms with Crippen LogP contribution in [0.3, 0.4) is 0 Å². The SMILES string of the molecule is O=C(c1nc(C2CC2)n2ccccc12)N1CCC(O)(c2ccccc2)C2CCCCC21. The Balaban J connectivity index is 1.37. The molecule has 2 aliphatic carbocycles. The van der Waals surface area contributed by atoms with E-state index in [0.29, 0.717) is 24.6 Å². The van der Waals surface area contributed by atoms with Gasteiger partial charge in [0.2, 0.25) is 0 Å². The summed E-state index contributed by atoms with van der Waals surface area (Å²) >= 11 is 0. The average molecular weight is 416 g/mol. The van der Waals surface area contributed by atoms with E-state index in [4.69, 9.17) is 4.98 Å². The van der Waals surface area contributed by atoms with Crippen molar-refractivity contribution in [2.45, 2.75) is 62.5 Å². The summed E-state index contributed by atoms with van der Waals surface area (Å²) in [5.41, 5.74) is 1.61. The van der Waals surface area contributed by atoms with Crippen LogP contribution in [0.15, 0.2) is 54.7 Å². The number of likely N-dealkylation sites (tertiary alicyclic amines) is 1. The van der Waals surface area contributed by atoms with Crippen LogP contribution in [0.5, 0.6) is 0 Å². The van der Waals surface area contributed by atoms with Crippen LogP contribution in [-0.4, -0.2) is 37.9 Å². The maximum atomic E-state index is 13.8. The zero-order valence-corrected chi connectivity index (χ0v) is 17.8. The first kappa shape index (κ1) is 19.1. The van der Waals surface area contributed by atoms with E-state index >= 15 is 0 Å². The van der Waals surface area contributed by atoms with Gasteiger partial charge < -0.3 is 14.4 Å². The van der Waals surface area contributed by atoms with Crippen LogP contribution in [0.2, 0.25) is 0 Å². The second kappa shape index (κ2) is 7.20. The second-order valence-corrected chi connectivity index (χ2v) is 9.55. The molecule has 1 aliphatic heterocycles. The van der Waals surface area contributed by atoms with Crippen molar-refractivity contribution in [3.05, 3.63) is 71.8 Å². The molecule has 0 radical (unpaired) electrons. The van der Waals surface area contributed by atoms with E-state index < -0.39 is 5.60 Å². The molecule has 3 heterocycles. The molecule has 31 heavy (non-hydrogen) atoms. The quantitative estimate of drug-likeness (QED) is 0.685. The van der Waals surface area contributed by atoms with Crippen LogP contribution in [0.25, 0.3) is 5.52 Å². The second-order valence-electron chi connectivity index (χ2n) is 9.55. The molecule has 1 saturated heterocycles. The van der Waals surface area contributed by atoms with E-state index in [2.05, 4.69) is 4.40 Å². The molecule has 5 nitrogen and oxygen atoms in total. The van der Waals surface area contributed by atoms with Gasteiger partial charge in [0.05, 0.1) is 11.1 Å². The molecule has 3 atom stereocenters. The minimum Gasteiger partial charge on any atom is -0.385 e. The average Bonchev–Trinajstić information content (AvgIpc) is 3.60. The molecule has 3 unspecified atom stereocenters. The Kier molecular flexibility index (Phi) is 4.42. The van der Waals surface area contributed by atoms with Crippen molar-refractivity contribution in [3.8, 4) is 0 Å². The summed E-state index contributed by atoms with van der Waals surface area (Å²) in [5.74, 6) is 1.60. The largest absolute Gasteiger partial charge is 0.385 e. The summed E-state index contributed by atoms with van der Waals surface area (Å²) in [4.78, 5) is 20.7. The molecule has 2 aromatic heterocycles. The number of pyridine rings is 1. The lowest BCUT2D eigenvalue weighted by Gasteiger charge is -2.52. The molecule has 0 bridgehead atoms. The van der Waals surface area contributed by atoms with E-state index in [-0.39, 0.29) is 17.9 Å². The molecule has 1 amide bonds. The van der Waals surface area contributed by atoms with E-state index in [1.807, 2.05) is 59.6 Å². The highest BCUT2D eigenvalue weighted by Crippen LogP contribution is 2.47. The number of carbonyl (C=O) groups is 1. The highest BCUT2D eigenvalue weighted by atomic mass is 16.3. The Morgan fingerprint density at radius 3 is 2.58 bits per heavy atom. The topological polar surface area (TPSA) is 57.8 Å². The fraction of sp³-hybridized carbons (Fsp3) is 0.462. The number of fused-ring (bicyclic) bond motifs is 2. The Hall–Kier alpha value is -2.66. The number of imidazole rings is 1. The van der Waals surface area contributed by atoms with Crippen LogP contribution in [0.1, 0.15) is 72.7 Å². The van der Waals surface area contributed by atoms with Crippen molar-refractivity contribution in [1.82, 2.24) is 14.3 Å². The molecule has 3 fully saturated rings. The molecule has 2 saturated carbocycles. The van der Waals surface area contributed by atoms with Crippen molar-refractivity contribution in [2.24, 2.45) is 5.92 Å². The van der Waals surface area contributed by atoms with Crippen molar-refractivity contribution >= 4 is 11.4 Å². The van der Waals surface area contributed by atoms with Gasteiger partial charge in [0.25, 0.3) is 5.91 Å². The number of aromatic nitrogens is 2. The van der Waals surface area contributed by atoms with Crippen LogP contribution < -0.4 is 0 Å². The van der Waals surface area contributed by atoms with E-state index in [1.165, 1.54) is 0 Å². The molecular weight excluding hydrogens is 386 g/mol. The van der Waals surface area contributed by atoms with Gasteiger partial charge in [-0.05, 0) is 49.8 Å². The van der Waals surface area contributed by atoms with Crippen LogP contribution in [-0.2, 0) is 5.60 Å². The van der Waals surface area contributed by atoms with E-state index in [1.54, 1.807) is 0 Å². The third-order valence-electron chi connectivity index (χ3n) is 7.73. The Labute approximate surface area is 182 Å². The predicted octanol–water partition coefficient (Wildman–Crippen LogP) is 4.50. The van der Waals surface area contributed by atoms with Gasteiger partial charge in [-0.25, -0.2) is 4.98 Å². The lowest BCUT2D eigenvalue weighted by atomic mass is 9.66. The Bertz CT molecular complexity index is 1120. The lowest BCUT2D eigenvalue weighted by molar-refractivity contribution is -0.110. The zero-order chi connectivity index (χ0) is 21.0.